The summed E-state index contributed by atoms with van der Waals surface area (Å²) in [6, 6.07) is 3.74. The molecule has 1 aromatic carbocycles. The fraction of sp³-hybridized carbons (Fsp3) is 0.533. The largest absolute Gasteiger partial charge is 0.481 e. The molecule has 0 heterocycles. The molecule has 0 bridgehead atoms. The first-order chi connectivity index (χ1) is 8.95. The van der Waals surface area contributed by atoms with Crippen LogP contribution in [0.2, 0.25) is 0 Å². The minimum Gasteiger partial charge on any atom is -0.481 e. The van der Waals surface area contributed by atoms with Crippen molar-refractivity contribution in [2.45, 2.75) is 46.6 Å². The fourth-order valence-electron chi connectivity index (χ4n) is 1.72. The maximum atomic E-state index is 11.8. The van der Waals surface area contributed by atoms with Crippen LogP contribution < -0.4 is 15.8 Å². The first kappa shape index (κ1) is 15.3. The number of nitrogens with one attached hydrogen (secondary N) is 1. The van der Waals surface area contributed by atoms with Gasteiger partial charge in [-0.05, 0) is 50.5 Å². The molecule has 1 amide bonds. The molecule has 19 heavy (non-hydrogen) atoms. The number of benzene rings is 1. The van der Waals surface area contributed by atoms with Crippen molar-refractivity contribution in [3.63, 3.8) is 0 Å². The van der Waals surface area contributed by atoms with Crippen molar-refractivity contribution in [2.24, 2.45) is 0 Å². The molecule has 0 fully saturated rings. The van der Waals surface area contributed by atoms with E-state index in [0.717, 1.165) is 29.7 Å². The van der Waals surface area contributed by atoms with Gasteiger partial charge in [0.2, 0.25) is 0 Å². The van der Waals surface area contributed by atoms with Crippen molar-refractivity contribution >= 4 is 11.6 Å². The van der Waals surface area contributed by atoms with Gasteiger partial charge >= 0.3 is 0 Å². The third-order valence-corrected chi connectivity index (χ3v) is 3.07. The zero-order valence-electron chi connectivity index (χ0n) is 12.2. The van der Waals surface area contributed by atoms with Crippen molar-refractivity contribution in [2.75, 3.05) is 12.3 Å². The summed E-state index contributed by atoms with van der Waals surface area (Å²) < 4.78 is 5.71. The van der Waals surface area contributed by atoms with E-state index in [1.807, 2.05) is 26.0 Å². The average molecular weight is 264 g/mol. The summed E-state index contributed by atoms with van der Waals surface area (Å²) in [5, 5.41) is 2.86. The number of ether oxygens (including phenoxy) is 1. The van der Waals surface area contributed by atoms with Gasteiger partial charge in [-0.25, -0.2) is 0 Å². The molecule has 1 rings (SSSR count). The van der Waals surface area contributed by atoms with E-state index in [4.69, 9.17) is 10.5 Å². The molecule has 4 heteroatoms. The summed E-state index contributed by atoms with van der Waals surface area (Å²) >= 11 is 0. The van der Waals surface area contributed by atoms with Crippen LogP contribution >= 0.6 is 0 Å². The van der Waals surface area contributed by atoms with E-state index < -0.39 is 6.10 Å². The molecule has 0 aliphatic heterocycles. The molecule has 0 saturated heterocycles. The quantitative estimate of drug-likeness (QED) is 0.613. The van der Waals surface area contributed by atoms with E-state index in [1.165, 1.54) is 0 Å². The number of hydrogen-bond donors (Lipinski definition) is 2. The Morgan fingerprint density at radius 3 is 2.68 bits per heavy atom. The Balaban J connectivity index is 2.63. The van der Waals surface area contributed by atoms with Gasteiger partial charge in [0.05, 0.1) is 0 Å². The zero-order valence-corrected chi connectivity index (χ0v) is 12.2. The van der Waals surface area contributed by atoms with Crippen LogP contribution in [-0.2, 0) is 4.79 Å². The normalized spacial score (nSPS) is 12.0. The minimum atomic E-state index is -0.501. The van der Waals surface area contributed by atoms with Gasteiger partial charge in [-0.2, -0.15) is 0 Å². The summed E-state index contributed by atoms with van der Waals surface area (Å²) in [4.78, 5) is 11.8. The number of rotatable bonds is 6. The number of aryl methyl sites for hydroxylation is 2. The van der Waals surface area contributed by atoms with Crippen LogP contribution in [-0.4, -0.2) is 18.6 Å². The Labute approximate surface area is 115 Å². The number of carbonyl (C=O) groups is 1. The van der Waals surface area contributed by atoms with Crippen molar-refractivity contribution in [1.82, 2.24) is 5.32 Å². The number of hydrogen-bond acceptors (Lipinski definition) is 3. The van der Waals surface area contributed by atoms with Crippen molar-refractivity contribution in [3.05, 3.63) is 23.3 Å². The highest BCUT2D eigenvalue weighted by atomic mass is 16.5. The van der Waals surface area contributed by atoms with Crippen LogP contribution in [0, 0.1) is 13.8 Å². The van der Waals surface area contributed by atoms with Crippen LogP contribution in [0.3, 0.4) is 0 Å². The smallest absolute Gasteiger partial charge is 0.260 e. The van der Waals surface area contributed by atoms with E-state index in [1.54, 1.807) is 6.92 Å². The molecule has 0 spiro atoms. The first-order valence-electron chi connectivity index (χ1n) is 6.76. The number of carbonyl (C=O) groups excluding carboxylic acids is 1. The minimum absolute atomic E-state index is 0.0812. The van der Waals surface area contributed by atoms with Gasteiger partial charge in [0.1, 0.15) is 5.75 Å². The van der Waals surface area contributed by atoms with Crippen LogP contribution in [0.4, 0.5) is 5.69 Å². The Morgan fingerprint density at radius 2 is 2.05 bits per heavy atom. The van der Waals surface area contributed by atoms with E-state index in [0.29, 0.717) is 12.3 Å². The van der Waals surface area contributed by atoms with E-state index >= 15 is 0 Å². The molecule has 0 aliphatic rings. The Hall–Kier alpha value is -1.71. The van der Waals surface area contributed by atoms with Crippen molar-refractivity contribution < 1.29 is 9.53 Å². The van der Waals surface area contributed by atoms with Gasteiger partial charge in [0.15, 0.2) is 6.10 Å². The Bertz CT molecular complexity index is 444. The summed E-state index contributed by atoms with van der Waals surface area (Å²) in [6.07, 6.45) is 1.54. The molecule has 4 nitrogen and oxygen atoms in total. The van der Waals surface area contributed by atoms with Crippen LogP contribution in [0.1, 0.15) is 37.8 Å². The maximum Gasteiger partial charge on any atom is 0.260 e. The van der Waals surface area contributed by atoms with Crippen molar-refractivity contribution in [3.8, 4) is 5.75 Å². The second-order valence-electron chi connectivity index (χ2n) is 4.88. The number of nitrogens with two attached hydrogens (primary N) is 1. The fourth-order valence-corrected chi connectivity index (χ4v) is 1.72. The van der Waals surface area contributed by atoms with Gasteiger partial charge in [-0.1, -0.05) is 13.3 Å². The second kappa shape index (κ2) is 7.02. The topological polar surface area (TPSA) is 64.3 Å². The molecule has 1 unspecified atom stereocenters. The lowest BCUT2D eigenvalue weighted by Crippen LogP contribution is -2.36. The zero-order chi connectivity index (χ0) is 14.4. The average Bonchev–Trinajstić information content (AvgIpc) is 2.36. The van der Waals surface area contributed by atoms with Gasteiger partial charge in [-0.3, -0.25) is 4.79 Å². The molecule has 0 radical (unpaired) electrons. The highest BCUT2D eigenvalue weighted by molar-refractivity contribution is 5.80. The Kier molecular flexibility index (Phi) is 5.67. The molecular weight excluding hydrogens is 240 g/mol. The highest BCUT2D eigenvalue weighted by Gasteiger charge is 2.15. The molecule has 0 aliphatic carbocycles. The van der Waals surface area contributed by atoms with Crippen LogP contribution in [0.25, 0.3) is 0 Å². The van der Waals surface area contributed by atoms with E-state index in [9.17, 15) is 4.79 Å². The molecule has 3 N–H and O–H groups in total. The lowest BCUT2D eigenvalue weighted by molar-refractivity contribution is -0.127. The third kappa shape index (κ3) is 4.47. The number of unbranched alkanes of at least 4 members (excludes halogenated alkanes) is 1. The molecule has 1 aromatic rings. The molecule has 106 valence electrons. The summed E-state index contributed by atoms with van der Waals surface area (Å²) in [7, 11) is 0. The third-order valence-electron chi connectivity index (χ3n) is 3.07. The number of amides is 1. The molecule has 0 aromatic heterocycles. The molecule has 0 saturated carbocycles. The van der Waals surface area contributed by atoms with Crippen molar-refractivity contribution in [1.29, 1.82) is 0 Å². The monoisotopic (exact) mass is 264 g/mol. The van der Waals surface area contributed by atoms with Crippen LogP contribution in [0.5, 0.6) is 5.75 Å². The lowest BCUT2D eigenvalue weighted by Gasteiger charge is -2.17. The lowest BCUT2D eigenvalue weighted by atomic mass is 10.1. The number of anilines is 1. The summed E-state index contributed by atoms with van der Waals surface area (Å²) in [6.45, 7) is 8.39. The second-order valence-corrected chi connectivity index (χ2v) is 4.88. The van der Waals surface area contributed by atoms with Gasteiger partial charge < -0.3 is 15.8 Å². The first-order valence-corrected chi connectivity index (χ1v) is 6.76. The number of nitrogen functional groups attached to an aromatic ring is 1. The predicted octanol–water partition coefficient (Wildman–Crippen LogP) is 2.57. The van der Waals surface area contributed by atoms with Crippen LogP contribution in [0.15, 0.2) is 12.1 Å². The molecular formula is C15H24N2O2. The SMILES string of the molecule is CCCCNC(=O)C(C)Oc1cc(C)c(N)cc1C. The van der Waals surface area contributed by atoms with E-state index in [2.05, 4.69) is 12.2 Å². The summed E-state index contributed by atoms with van der Waals surface area (Å²) in [5.74, 6) is 0.632. The maximum absolute atomic E-state index is 11.8. The predicted molar refractivity (Wildman–Crippen MR) is 78.3 cm³/mol. The standard InChI is InChI=1S/C15H24N2O2/c1-5-6-7-17-15(18)12(4)19-14-9-10(2)13(16)8-11(14)3/h8-9,12H,5-7,16H2,1-4H3,(H,17,18). The van der Waals surface area contributed by atoms with Gasteiger partial charge in [0, 0.05) is 12.2 Å². The Morgan fingerprint density at radius 1 is 1.37 bits per heavy atom. The highest BCUT2D eigenvalue weighted by Crippen LogP contribution is 2.25. The van der Waals surface area contributed by atoms with E-state index in [-0.39, 0.29) is 5.91 Å². The van der Waals surface area contributed by atoms with Gasteiger partial charge in [-0.15, -0.1) is 0 Å². The molecule has 1 atom stereocenters. The summed E-state index contributed by atoms with van der Waals surface area (Å²) in [5.41, 5.74) is 8.47. The van der Waals surface area contributed by atoms with Gasteiger partial charge in [0.25, 0.3) is 5.91 Å².